The minimum Gasteiger partial charge on any atom is -0.465 e. The Bertz CT molecular complexity index is 1230. The molecule has 2 saturated heterocycles. The lowest BCUT2D eigenvalue weighted by molar-refractivity contribution is -0.160. The number of cyclic esters (lactones) is 1. The number of esters is 1. The molecule has 0 radical (unpaired) electrons. The van der Waals surface area contributed by atoms with Gasteiger partial charge in [-0.3, -0.25) is 14.4 Å². The SMILES string of the molecule is CCN(CC)c1ccc(N2CC=C[C@]34O[C@]5(CC)/C=C\CCCCOC(=O)[C@@H]5[C@H]3C(=O)N(CCCCCO)C4C2=O)cc1. The summed E-state index contributed by atoms with van der Waals surface area (Å²) < 4.78 is 12.8. The van der Waals surface area contributed by atoms with Crippen molar-refractivity contribution in [1.29, 1.82) is 0 Å². The van der Waals surface area contributed by atoms with Crippen molar-refractivity contribution in [3.8, 4) is 0 Å². The summed E-state index contributed by atoms with van der Waals surface area (Å²) in [6.45, 7) is 9.01. The molecule has 4 aliphatic rings. The number of ether oxygens (including phenoxy) is 2. The highest BCUT2D eigenvalue weighted by Gasteiger charge is 2.75. The molecule has 1 spiro atoms. The van der Waals surface area contributed by atoms with Crippen LogP contribution in [0.2, 0.25) is 0 Å². The molecule has 0 aromatic heterocycles. The first-order valence-electron chi connectivity index (χ1n) is 16.2. The molecule has 234 valence electrons. The number of amides is 2. The molecule has 43 heavy (non-hydrogen) atoms. The van der Waals surface area contributed by atoms with Crippen molar-refractivity contribution in [3.05, 3.63) is 48.6 Å². The van der Waals surface area contributed by atoms with Crippen LogP contribution in [0.15, 0.2) is 48.6 Å². The van der Waals surface area contributed by atoms with Crippen LogP contribution in [-0.4, -0.2) is 84.4 Å². The molecule has 9 heteroatoms. The van der Waals surface area contributed by atoms with Crippen molar-refractivity contribution in [2.45, 2.75) is 83.0 Å². The lowest BCUT2D eigenvalue weighted by Crippen LogP contribution is -2.56. The standard InChI is InChI=1S/C34H47N3O6/c1-4-33-19-10-7-8-13-24-42-32(41)28(33)27-30(39)37(21-11-9-12-23-38)29-31(40)36(22-14-20-34(27,29)43-33)26-17-15-25(16-18-26)35(5-2)6-3/h10,14-20,27-29,38H,4-9,11-13,21-24H2,1-3H3/b19-10-/t27-,28-,29?,33+,34-/m0/s1. The molecule has 2 amide bonds. The quantitative estimate of drug-likeness (QED) is 0.246. The lowest BCUT2D eigenvalue weighted by atomic mass is 9.73. The second kappa shape index (κ2) is 13.2. The highest BCUT2D eigenvalue weighted by Crippen LogP contribution is 2.58. The Labute approximate surface area is 255 Å². The average molecular weight is 594 g/mol. The summed E-state index contributed by atoms with van der Waals surface area (Å²) in [6.07, 6.45) is 12.8. The first-order chi connectivity index (χ1) is 20.9. The Morgan fingerprint density at radius 2 is 1.70 bits per heavy atom. The Balaban J connectivity index is 1.57. The number of rotatable bonds is 10. The molecule has 1 unspecified atom stereocenters. The maximum absolute atomic E-state index is 14.7. The average Bonchev–Trinajstić information content (AvgIpc) is 3.37. The van der Waals surface area contributed by atoms with Gasteiger partial charge in [0.25, 0.3) is 5.91 Å². The zero-order valence-electron chi connectivity index (χ0n) is 25.9. The van der Waals surface area contributed by atoms with Gasteiger partial charge in [-0.25, -0.2) is 0 Å². The summed E-state index contributed by atoms with van der Waals surface area (Å²) >= 11 is 0. The summed E-state index contributed by atoms with van der Waals surface area (Å²) in [5.74, 6) is -2.63. The number of fused-ring (bicyclic) bond motifs is 2. The van der Waals surface area contributed by atoms with E-state index in [1.807, 2.05) is 49.4 Å². The number of allylic oxidation sites excluding steroid dienone is 1. The zero-order valence-corrected chi connectivity index (χ0v) is 25.9. The van der Waals surface area contributed by atoms with Gasteiger partial charge >= 0.3 is 5.97 Å². The van der Waals surface area contributed by atoms with Gasteiger partial charge in [-0.15, -0.1) is 0 Å². The fourth-order valence-corrected chi connectivity index (χ4v) is 7.51. The topological polar surface area (TPSA) is 99.6 Å². The fraction of sp³-hybridized carbons (Fsp3) is 0.618. The number of benzene rings is 1. The second-order valence-corrected chi connectivity index (χ2v) is 12.0. The lowest BCUT2D eigenvalue weighted by Gasteiger charge is -2.38. The first kappa shape index (κ1) is 31.3. The summed E-state index contributed by atoms with van der Waals surface area (Å²) in [7, 11) is 0. The van der Waals surface area contributed by atoms with Crippen LogP contribution in [0.4, 0.5) is 11.4 Å². The van der Waals surface area contributed by atoms with Gasteiger partial charge in [0.05, 0.1) is 12.5 Å². The minimum atomic E-state index is -1.31. The van der Waals surface area contributed by atoms with Gasteiger partial charge < -0.3 is 29.3 Å². The van der Waals surface area contributed by atoms with Gasteiger partial charge in [-0.2, -0.15) is 0 Å². The molecule has 2 fully saturated rings. The number of nitrogens with zero attached hydrogens (tertiary/aromatic N) is 3. The highest BCUT2D eigenvalue weighted by atomic mass is 16.6. The van der Waals surface area contributed by atoms with E-state index in [9.17, 15) is 19.5 Å². The van der Waals surface area contributed by atoms with Crippen LogP contribution in [0, 0.1) is 11.8 Å². The van der Waals surface area contributed by atoms with Crippen LogP contribution >= 0.6 is 0 Å². The Morgan fingerprint density at radius 3 is 2.40 bits per heavy atom. The summed E-state index contributed by atoms with van der Waals surface area (Å²) in [5.41, 5.74) is -0.525. The fourth-order valence-electron chi connectivity index (χ4n) is 7.51. The Morgan fingerprint density at radius 1 is 0.930 bits per heavy atom. The third-order valence-electron chi connectivity index (χ3n) is 9.73. The third-order valence-corrected chi connectivity index (χ3v) is 9.73. The van der Waals surface area contributed by atoms with E-state index in [0.717, 1.165) is 50.1 Å². The van der Waals surface area contributed by atoms with Crippen LogP contribution in [0.25, 0.3) is 0 Å². The van der Waals surface area contributed by atoms with E-state index in [-0.39, 0.29) is 18.4 Å². The van der Waals surface area contributed by atoms with Crippen LogP contribution in [0.3, 0.4) is 0 Å². The third kappa shape index (κ3) is 5.50. The molecule has 0 aliphatic carbocycles. The van der Waals surface area contributed by atoms with E-state index in [1.165, 1.54) is 0 Å². The molecule has 5 atom stereocenters. The number of carbonyl (C=O) groups is 3. The maximum Gasteiger partial charge on any atom is 0.313 e. The summed E-state index contributed by atoms with van der Waals surface area (Å²) in [5, 5.41) is 9.33. The van der Waals surface area contributed by atoms with Gasteiger partial charge in [-0.05, 0) is 83.1 Å². The van der Waals surface area contributed by atoms with E-state index >= 15 is 0 Å². The molecule has 0 saturated carbocycles. The first-order valence-corrected chi connectivity index (χ1v) is 16.2. The molecular weight excluding hydrogens is 546 g/mol. The summed E-state index contributed by atoms with van der Waals surface area (Å²) in [6, 6.07) is 7.05. The largest absolute Gasteiger partial charge is 0.465 e. The van der Waals surface area contributed by atoms with Crippen molar-refractivity contribution in [2.75, 3.05) is 49.2 Å². The Kier molecular flexibility index (Phi) is 9.61. The van der Waals surface area contributed by atoms with Crippen LogP contribution in [-0.2, 0) is 23.9 Å². The number of carbonyl (C=O) groups excluding carboxylic acids is 3. The summed E-state index contributed by atoms with van der Waals surface area (Å²) in [4.78, 5) is 48.6. The van der Waals surface area contributed by atoms with E-state index in [2.05, 4.69) is 24.8 Å². The molecule has 0 bridgehead atoms. The van der Waals surface area contributed by atoms with Gasteiger partial charge in [0.15, 0.2) is 0 Å². The molecule has 1 aromatic rings. The van der Waals surface area contributed by atoms with Crippen molar-refractivity contribution >= 4 is 29.2 Å². The molecule has 9 nitrogen and oxygen atoms in total. The molecule has 4 aliphatic heterocycles. The maximum atomic E-state index is 14.7. The number of unbranched alkanes of at least 4 members (excludes halogenated alkanes) is 2. The highest BCUT2D eigenvalue weighted by molar-refractivity contribution is 6.05. The number of hydrogen-bond acceptors (Lipinski definition) is 7. The van der Waals surface area contributed by atoms with Crippen LogP contribution in [0.5, 0.6) is 0 Å². The number of hydrogen-bond donors (Lipinski definition) is 1. The number of aliphatic hydroxyl groups is 1. The van der Waals surface area contributed by atoms with Crippen molar-refractivity contribution in [2.24, 2.45) is 11.8 Å². The zero-order chi connectivity index (χ0) is 30.6. The van der Waals surface area contributed by atoms with E-state index < -0.39 is 35.0 Å². The Hall–Kier alpha value is -3.17. The smallest absolute Gasteiger partial charge is 0.313 e. The molecular formula is C34H47N3O6. The predicted molar refractivity (Wildman–Crippen MR) is 166 cm³/mol. The van der Waals surface area contributed by atoms with Gasteiger partial charge in [-0.1, -0.05) is 31.2 Å². The monoisotopic (exact) mass is 593 g/mol. The number of likely N-dealkylation sites (tertiary alicyclic amines) is 1. The molecule has 1 N–H and O–H groups in total. The molecule has 1 aromatic carbocycles. The van der Waals surface area contributed by atoms with Crippen LogP contribution < -0.4 is 9.80 Å². The van der Waals surface area contributed by atoms with Gasteiger partial charge in [0, 0.05) is 44.2 Å². The van der Waals surface area contributed by atoms with Gasteiger partial charge in [0.1, 0.15) is 23.2 Å². The van der Waals surface area contributed by atoms with E-state index in [4.69, 9.17) is 9.47 Å². The van der Waals surface area contributed by atoms with Gasteiger partial charge in [0.2, 0.25) is 5.91 Å². The normalized spacial score (nSPS) is 31.3. The van der Waals surface area contributed by atoms with Crippen molar-refractivity contribution in [1.82, 2.24) is 4.90 Å². The van der Waals surface area contributed by atoms with Crippen LogP contribution in [0.1, 0.15) is 65.7 Å². The number of anilines is 2. The van der Waals surface area contributed by atoms with Crippen molar-refractivity contribution < 1.29 is 29.0 Å². The van der Waals surface area contributed by atoms with E-state index in [0.29, 0.717) is 39.0 Å². The number of aliphatic hydroxyl groups excluding tert-OH is 1. The molecule has 5 rings (SSSR count). The molecule has 4 heterocycles. The van der Waals surface area contributed by atoms with E-state index in [1.54, 1.807) is 9.80 Å². The minimum absolute atomic E-state index is 0.0747. The predicted octanol–water partition coefficient (Wildman–Crippen LogP) is 4.24. The van der Waals surface area contributed by atoms with Crippen molar-refractivity contribution in [3.63, 3.8) is 0 Å². The second-order valence-electron chi connectivity index (χ2n) is 12.0.